The SMILES string of the molecule is Nc1ccc(S(=O)(=O)NCC(F)(F)CO)c(C(=O)O)c1. The van der Waals surface area contributed by atoms with Crippen LogP contribution in [0.15, 0.2) is 23.1 Å². The predicted octanol–water partition coefficient (Wildman–Crippen LogP) is -0.127. The smallest absolute Gasteiger partial charge is 0.337 e. The van der Waals surface area contributed by atoms with E-state index < -0.39 is 45.5 Å². The number of aliphatic hydroxyl groups is 1. The molecule has 0 radical (unpaired) electrons. The van der Waals surface area contributed by atoms with Gasteiger partial charge in [-0.1, -0.05) is 0 Å². The summed E-state index contributed by atoms with van der Waals surface area (Å²) in [5.41, 5.74) is 4.72. The highest BCUT2D eigenvalue weighted by Crippen LogP contribution is 2.20. The zero-order chi connectivity index (χ0) is 15.6. The van der Waals surface area contributed by atoms with E-state index in [4.69, 9.17) is 15.9 Å². The summed E-state index contributed by atoms with van der Waals surface area (Å²) >= 11 is 0. The van der Waals surface area contributed by atoms with Gasteiger partial charge in [-0.25, -0.2) is 26.7 Å². The fourth-order valence-corrected chi connectivity index (χ4v) is 2.52. The Morgan fingerprint density at radius 2 is 2.00 bits per heavy atom. The second-order valence-corrected chi connectivity index (χ2v) is 5.63. The average molecular weight is 310 g/mol. The van der Waals surface area contributed by atoms with Crippen molar-refractivity contribution < 1.29 is 32.2 Å². The van der Waals surface area contributed by atoms with Crippen LogP contribution in [0, 0.1) is 0 Å². The van der Waals surface area contributed by atoms with Crippen molar-refractivity contribution >= 4 is 21.7 Å². The Kier molecular flexibility index (Phi) is 4.63. The molecule has 20 heavy (non-hydrogen) atoms. The molecule has 0 saturated carbocycles. The first-order chi connectivity index (χ1) is 9.09. The highest BCUT2D eigenvalue weighted by molar-refractivity contribution is 7.89. The van der Waals surface area contributed by atoms with Crippen molar-refractivity contribution in [3.05, 3.63) is 23.8 Å². The summed E-state index contributed by atoms with van der Waals surface area (Å²) in [6.07, 6.45) is 0. The van der Waals surface area contributed by atoms with Crippen LogP contribution in [0.2, 0.25) is 0 Å². The highest BCUT2D eigenvalue weighted by atomic mass is 32.2. The highest BCUT2D eigenvalue weighted by Gasteiger charge is 2.31. The topological polar surface area (TPSA) is 130 Å². The van der Waals surface area contributed by atoms with Crippen LogP contribution in [0.3, 0.4) is 0 Å². The molecule has 1 aromatic rings. The first-order valence-electron chi connectivity index (χ1n) is 5.20. The molecule has 112 valence electrons. The zero-order valence-corrected chi connectivity index (χ0v) is 10.8. The molecule has 0 aliphatic heterocycles. The number of benzene rings is 1. The molecule has 0 fully saturated rings. The van der Waals surface area contributed by atoms with Crippen molar-refractivity contribution in [1.82, 2.24) is 4.72 Å². The Hall–Kier alpha value is -1.78. The molecule has 5 N–H and O–H groups in total. The molecule has 0 saturated heterocycles. The molecule has 7 nitrogen and oxygen atoms in total. The molecule has 10 heteroatoms. The number of anilines is 1. The van der Waals surface area contributed by atoms with Gasteiger partial charge >= 0.3 is 5.97 Å². The minimum absolute atomic E-state index is 0.0158. The Labute approximate surface area is 113 Å². The van der Waals surface area contributed by atoms with Gasteiger partial charge in [0.2, 0.25) is 10.0 Å². The number of carbonyl (C=O) groups is 1. The fourth-order valence-electron chi connectivity index (χ4n) is 1.28. The average Bonchev–Trinajstić information content (AvgIpc) is 2.36. The van der Waals surface area contributed by atoms with Gasteiger partial charge in [0.05, 0.1) is 17.0 Å². The summed E-state index contributed by atoms with van der Waals surface area (Å²) in [6, 6.07) is 2.94. The van der Waals surface area contributed by atoms with Crippen LogP contribution in [0.25, 0.3) is 0 Å². The molecule has 0 amide bonds. The minimum Gasteiger partial charge on any atom is -0.478 e. The Balaban J connectivity index is 3.13. The number of alkyl halides is 2. The molecule has 0 unspecified atom stereocenters. The van der Waals surface area contributed by atoms with E-state index in [-0.39, 0.29) is 5.69 Å². The van der Waals surface area contributed by atoms with Gasteiger partial charge in [-0.3, -0.25) is 0 Å². The lowest BCUT2D eigenvalue weighted by Crippen LogP contribution is -2.39. The molecule has 0 atom stereocenters. The molecule has 0 spiro atoms. The number of nitrogen functional groups attached to an aromatic ring is 1. The molecule has 0 aromatic heterocycles. The van der Waals surface area contributed by atoms with Gasteiger partial charge in [-0.2, -0.15) is 0 Å². The molecular formula is C10H12F2N2O5S. The number of nitrogens with two attached hydrogens (primary N) is 1. The van der Waals surface area contributed by atoms with Gasteiger partial charge in [0, 0.05) is 5.69 Å². The zero-order valence-electron chi connectivity index (χ0n) is 10.0. The van der Waals surface area contributed by atoms with E-state index in [9.17, 15) is 22.0 Å². The minimum atomic E-state index is -4.47. The maximum absolute atomic E-state index is 12.8. The van der Waals surface area contributed by atoms with Crippen LogP contribution in [-0.4, -0.2) is 43.7 Å². The summed E-state index contributed by atoms with van der Waals surface area (Å²) in [5.74, 6) is -5.21. The van der Waals surface area contributed by atoms with E-state index in [0.29, 0.717) is 0 Å². The van der Waals surface area contributed by atoms with Crippen molar-refractivity contribution in [1.29, 1.82) is 0 Å². The van der Waals surface area contributed by atoms with Gasteiger partial charge in [0.15, 0.2) is 0 Å². The number of carboxylic acids is 1. The van der Waals surface area contributed by atoms with Crippen LogP contribution < -0.4 is 10.5 Å². The summed E-state index contributed by atoms with van der Waals surface area (Å²) < 4.78 is 50.8. The lowest BCUT2D eigenvalue weighted by Gasteiger charge is -2.15. The van der Waals surface area contributed by atoms with Crippen LogP contribution >= 0.6 is 0 Å². The number of nitrogens with one attached hydrogen (secondary N) is 1. The van der Waals surface area contributed by atoms with Gasteiger partial charge in [0.1, 0.15) is 6.61 Å². The second-order valence-electron chi connectivity index (χ2n) is 3.90. The van der Waals surface area contributed by atoms with Crippen molar-refractivity contribution in [3.8, 4) is 0 Å². The largest absolute Gasteiger partial charge is 0.478 e. The number of carboxylic acid groups (broad SMARTS) is 1. The predicted molar refractivity (Wildman–Crippen MR) is 65.0 cm³/mol. The summed E-state index contributed by atoms with van der Waals surface area (Å²) in [5, 5.41) is 17.2. The van der Waals surface area contributed by atoms with E-state index in [0.717, 1.165) is 18.2 Å². The Bertz CT molecular complexity index is 618. The maximum Gasteiger partial charge on any atom is 0.337 e. The quantitative estimate of drug-likeness (QED) is 0.542. The van der Waals surface area contributed by atoms with E-state index >= 15 is 0 Å². The van der Waals surface area contributed by atoms with Crippen LogP contribution in [0.1, 0.15) is 10.4 Å². The number of aliphatic hydroxyl groups excluding tert-OH is 1. The molecule has 0 heterocycles. The van der Waals surface area contributed by atoms with Crippen LogP contribution in [0.4, 0.5) is 14.5 Å². The molecule has 0 bridgehead atoms. The molecular weight excluding hydrogens is 298 g/mol. The van der Waals surface area contributed by atoms with Crippen molar-refractivity contribution in [3.63, 3.8) is 0 Å². The summed E-state index contributed by atoms with van der Waals surface area (Å²) in [7, 11) is -4.47. The Morgan fingerprint density at radius 1 is 1.40 bits per heavy atom. The standard InChI is InChI=1S/C10H12F2N2O5S/c11-10(12,5-15)4-14-20(18,19)8-2-1-6(13)3-7(8)9(16)17/h1-3,14-15H,4-5,13H2,(H,16,17). The third-order valence-corrected chi connectivity index (χ3v) is 3.74. The monoisotopic (exact) mass is 310 g/mol. The van der Waals surface area contributed by atoms with Crippen molar-refractivity contribution in [2.45, 2.75) is 10.8 Å². The van der Waals surface area contributed by atoms with Crippen LogP contribution in [-0.2, 0) is 10.0 Å². The number of halogens is 2. The maximum atomic E-state index is 12.8. The van der Waals surface area contributed by atoms with E-state index in [2.05, 4.69) is 0 Å². The molecule has 1 aromatic carbocycles. The van der Waals surface area contributed by atoms with Crippen molar-refractivity contribution in [2.24, 2.45) is 0 Å². The van der Waals surface area contributed by atoms with E-state index in [1.165, 1.54) is 4.72 Å². The Morgan fingerprint density at radius 3 is 2.50 bits per heavy atom. The van der Waals surface area contributed by atoms with Gasteiger partial charge < -0.3 is 15.9 Å². The van der Waals surface area contributed by atoms with Crippen LogP contribution in [0.5, 0.6) is 0 Å². The second kappa shape index (κ2) is 5.69. The van der Waals surface area contributed by atoms with Crippen molar-refractivity contribution in [2.75, 3.05) is 18.9 Å². The first kappa shape index (κ1) is 16.3. The molecule has 1 rings (SSSR count). The van der Waals surface area contributed by atoms with Gasteiger partial charge in [-0.15, -0.1) is 0 Å². The number of hydrogen-bond acceptors (Lipinski definition) is 5. The normalized spacial score (nSPS) is 12.3. The van der Waals surface area contributed by atoms with Gasteiger partial charge in [0.25, 0.3) is 5.92 Å². The van der Waals surface area contributed by atoms with E-state index in [1.807, 2.05) is 0 Å². The fraction of sp³-hybridized carbons (Fsp3) is 0.300. The first-order valence-corrected chi connectivity index (χ1v) is 6.68. The molecule has 0 aliphatic carbocycles. The number of rotatable bonds is 6. The number of sulfonamides is 1. The third-order valence-electron chi connectivity index (χ3n) is 2.28. The lowest BCUT2D eigenvalue weighted by molar-refractivity contribution is -0.0437. The number of aromatic carboxylic acids is 1. The lowest BCUT2D eigenvalue weighted by atomic mass is 10.2. The van der Waals surface area contributed by atoms with E-state index in [1.54, 1.807) is 0 Å². The number of hydrogen-bond donors (Lipinski definition) is 4. The summed E-state index contributed by atoms with van der Waals surface area (Å²) in [4.78, 5) is 10.3. The third kappa shape index (κ3) is 3.85. The summed E-state index contributed by atoms with van der Waals surface area (Å²) in [6.45, 7) is -2.89. The van der Waals surface area contributed by atoms with Gasteiger partial charge in [-0.05, 0) is 18.2 Å². The molecule has 0 aliphatic rings.